The van der Waals surface area contributed by atoms with Gasteiger partial charge < -0.3 is 0 Å². The van der Waals surface area contributed by atoms with E-state index in [1.807, 2.05) is 19.1 Å². The number of hydrogen-bond acceptors (Lipinski definition) is 1. The maximum absolute atomic E-state index is 12.1. The first-order valence-electron chi connectivity index (χ1n) is 7.07. The molecule has 0 bridgehead atoms. The minimum Gasteiger partial charge on any atom is -0.294 e. The lowest BCUT2D eigenvalue weighted by atomic mass is 9.87. The second-order valence-electron chi connectivity index (χ2n) is 6.25. The summed E-state index contributed by atoms with van der Waals surface area (Å²) in [5, 5.41) is 0.619. The molecule has 20 heavy (non-hydrogen) atoms. The lowest BCUT2D eigenvalue weighted by Crippen LogP contribution is -2.06. The highest BCUT2D eigenvalue weighted by Gasteiger charge is 2.22. The maximum Gasteiger partial charge on any atom is 0.163 e. The van der Waals surface area contributed by atoms with Crippen LogP contribution in [0.3, 0.4) is 0 Å². The molecule has 0 aromatic heterocycles. The van der Waals surface area contributed by atoms with Crippen molar-refractivity contribution in [1.29, 1.82) is 0 Å². The molecule has 2 rings (SSSR count). The quantitative estimate of drug-likeness (QED) is 0.653. The summed E-state index contributed by atoms with van der Waals surface area (Å²) in [7, 11) is 0. The number of ketones is 1. The molecule has 0 heterocycles. The summed E-state index contributed by atoms with van der Waals surface area (Å²) in [6.07, 6.45) is 5.86. The van der Waals surface area contributed by atoms with Crippen LogP contribution in [0.15, 0.2) is 35.9 Å². The first-order valence-corrected chi connectivity index (χ1v) is 7.45. The van der Waals surface area contributed by atoms with Crippen LogP contribution in [0.25, 0.3) is 5.57 Å². The van der Waals surface area contributed by atoms with Gasteiger partial charge in [0.05, 0.1) is 0 Å². The Morgan fingerprint density at radius 1 is 1.30 bits per heavy atom. The van der Waals surface area contributed by atoms with Crippen LogP contribution < -0.4 is 0 Å². The number of rotatable bonds is 3. The van der Waals surface area contributed by atoms with Crippen molar-refractivity contribution in [3.63, 3.8) is 0 Å². The Hall–Kier alpha value is -1.34. The molecule has 0 saturated carbocycles. The van der Waals surface area contributed by atoms with E-state index in [1.54, 1.807) is 6.07 Å². The van der Waals surface area contributed by atoms with Crippen LogP contribution in [0.4, 0.5) is 0 Å². The molecule has 1 aromatic rings. The molecule has 0 amide bonds. The Kier molecular flexibility index (Phi) is 4.19. The van der Waals surface area contributed by atoms with Gasteiger partial charge in [0.25, 0.3) is 0 Å². The molecule has 0 atom stereocenters. The molecular formula is C18H21ClO. The van der Waals surface area contributed by atoms with E-state index in [-0.39, 0.29) is 11.2 Å². The zero-order valence-corrected chi connectivity index (χ0v) is 13.3. The predicted octanol–water partition coefficient (Wildman–Crippen LogP) is 5.69. The van der Waals surface area contributed by atoms with Crippen molar-refractivity contribution in [2.24, 2.45) is 5.41 Å². The molecule has 1 aromatic carbocycles. The minimum absolute atomic E-state index is 0.142. The molecule has 1 aliphatic carbocycles. The third kappa shape index (κ3) is 3.04. The smallest absolute Gasteiger partial charge is 0.163 e. The minimum atomic E-state index is 0.142. The van der Waals surface area contributed by atoms with Gasteiger partial charge in [-0.25, -0.2) is 0 Å². The molecule has 0 radical (unpaired) electrons. The van der Waals surface area contributed by atoms with Gasteiger partial charge >= 0.3 is 0 Å². The predicted molar refractivity (Wildman–Crippen MR) is 86.2 cm³/mol. The van der Waals surface area contributed by atoms with E-state index in [4.69, 9.17) is 11.6 Å². The van der Waals surface area contributed by atoms with Gasteiger partial charge in [-0.15, -0.1) is 0 Å². The second kappa shape index (κ2) is 5.57. The van der Waals surface area contributed by atoms with E-state index < -0.39 is 0 Å². The zero-order chi connectivity index (χ0) is 14.9. The summed E-state index contributed by atoms with van der Waals surface area (Å²) in [5.74, 6) is 0.146. The average Bonchev–Trinajstić information content (AvgIpc) is 2.87. The van der Waals surface area contributed by atoms with Crippen molar-refractivity contribution >= 4 is 23.0 Å². The fourth-order valence-corrected chi connectivity index (χ4v) is 2.63. The van der Waals surface area contributed by atoms with Crippen LogP contribution in [0, 0.1) is 5.41 Å². The molecule has 0 unspecified atom stereocenters. The number of Topliss-reactive ketones (excluding diaryl/α,β-unsaturated/α-hetero) is 1. The van der Waals surface area contributed by atoms with Gasteiger partial charge in [0.15, 0.2) is 5.78 Å². The van der Waals surface area contributed by atoms with Crippen LogP contribution in [0.2, 0.25) is 5.02 Å². The number of hydrogen-bond donors (Lipinski definition) is 0. The highest BCUT2D eigenvalue weighted by molar-refractivity contribution is 6.31. The topological polar surface area (TPSA) is 17.1 Å². The van der Waals surface area contributed by atoms with Crippen LogP contribution in [-0.4, -0.2) is 5.78 Å². The van der Waals surface area contributed by atoms with Crippen molar-refractivity contribution in [1.82, 2.24) is 0 Å². The molecule has 0 aliphatic heterocycles. The summed E-state index contributed by atoms with van der Waals surface area (Å²) < 4.78 is 0. The number of carbonyl (C=O) groups is 1. The number of carbonyl (C=O) groups excluding carboxylic acids is 1. The SMILES string of the molecule is CCC(=O)c1cc(Cl)ccc1C1=CC(C(C)(C)C)=CC1. The van der Waals surface area contributed by atoms with Crippen molar-refractivity contribution in [3.8, 4) is 0 Å². The van der Waals surface area contributed by atoms with Crippen molar-refractivity contribution in [3.05, 3.63) is 52.1 Å². The van der Waals surface area contributed by atoms with Gasteiger partial charge in [0, 0.05) is 17.0 Å². The van der Waals surface area contributed by atoms with Gasteiger partial charge in [0.1, 0.15) is 0 Å². The molecule has 0 saturated heterocycles. The first-order chi connectivity index (χ1) is 9.32. The largest absolute Gasteiger partial charge is 0.294 e. The third-order valence-corrected chi connectivity index (χ3v) is 3.92. The standard InChI is InChI=1S/C18H21ClO/c1-5-17(20)16-11-14(19)8-9-15(16)12-6-7-13(10-12)18(2,3)4/h7-11H,5-6H2,1-4H3. The Bertz CT molecular complexity index is 600. The third-order valence-electron chi connectivity index (χ3n) is 3.69. The number of allylic oxidation sites excluding steroid dienone is 4. The average molecular weight is 289 g/mol. The fraction of sp³-hybridized carbons (Fsp3) is 0.389. The summed E-state index contributed by atoms with van der Waals surface area (Å²) in [4.78, 5) is 12.1. The molecule has 1 nitrogen and oxygen atoms in total. The van der Waals surface area contributed by atoms with Gasteiger partial charge in [-0.1, -0.05) is 57.5 Å². The summed E-state index contributed by atoms with van der Waals surface area (Å²) in [6, 6.07) is 5.62. The van der Waals surface area contributed by atoms with Crippen molar-refractivity contribution in [2.45, 2.75) is 40.5 Å². The van der Waals surface area contributed by atoms with Gasteiger partial charge in [-0.3, -0.25) is 4.79 Å². The molecule has 0 fully saturated rings. The second-order valence-corrected chi connectivity index (χ2v) is 6.69. The molecule has 2 heteroatoms. The van der Waals surface area contributed by atoms with Crippen molar-refractivity contribution in [2.75, 3.05) is 0 Å². The lowest BCUT2D eigenvalue weighted by Gasteiger charge is -2.18. The molecule has 0 spiro atoms. The molecule has 106 valence electrons. The van der Waals surface area contributed by atoms with E-state index in [2.05, 4.69) is 32.9 Å². The van der Waals surface area contributed by atoms with Crippen molar-refractivity contribution < 1.29 is 4.79 Å². The van der Waals surface area contributed by atoms with Crippen LogP contribution >= 0.6 is 11.6 Å². The lowest BCUT2D eigenvalue weighted by molar-refractivity contribution is 0.0988. The Labute approximate surface area is 126 Å². The van der Waals surface area contributed by atoms with E-state index >= 15 is 0 Å². The Balaban J connectivity index is 2.43. The van der Waals surface area contributed by atoms with E-state index in [0.717, 1.165) is 17.5 Å². The summed E-state index contributed by atoms with van der Waals surface area (Å²) in [6.45, 7) is 8.50. The monoisotopic (exact) mass is 288 g/mol. The van der Waals surface area contributed by atoms with Crippen LogP contribution in [0.5, 0.6) is 0 Å². The van der Waals surface area contributed by atoms with E-state index in [1.165, 1.54) is 11.1 Å². The summed E-state index contributed by atoms with van der Waals surface area (Å²) in [5.41, 5.74) is 4.45. The van der Waals surface area contributed by atoms with Gasteiger partial charge in [-0.05, 0) is 40.7 Å². The van der Waals surface area contributed by atoms with E-state index in [9.17, 15) is 4.79 Å². The molecular weight excluding hydrogens is 268 g/mol. The maximum atomic E-state index is 12.1. The zero-order valence-electron chi connectivity index (χ0n) is 12.6. The van der Waals surface area contributed by atoms with Gasteiger partial charge in [0.2, 0.25) is 0 Å². The normalized spacial score (nSPS) is 15.1. The first kappa shape index (κ1) is 15.1. The van der Waals surface area contributed by atoms with Crippen LogP contribution in [0.1, 0.15) is 56.5 Å². The van der Waals surface area contributed by atoms with Crippen LogP contribution in [-0.2, 0) is 0 Å². The fourth-order valence-electron chi connectivity index (χ4n) is 2.45. The highest BCUT2D eigenvalue weighted by atomic mass is 35.5. The molecule has 0 N–H and O–H groups in total. The summed E-state index contributed by atoms with van der Waals surface area (Å²) >= 11 is 6.04. The number of halogens is 1. The number of benzene rings is 1. The Morgan fingerprint density at radius 3 is 2.55 bits per heavy atom. The van der Waals surface area contributed by atoms with E-state index in [0.29, 0.717) is 11.4 Å². The van der Waals surface area contributed by atoms with Gasteiger partial charge in [-0.2, -0.15) is 0 Å². The molecule has 1 aliphatic rings. The highest BCUT2D eigenvalue weighted by Crippen LogP contribution is 2.37. The Morgan fingerprint density at radius 2 is 2.00 bits per heavy atom.